The standard InChI is InChI=1S/C16H16O/c17-14-10-9-13-7-4-8-15(16(13)11-14)12-5-2-1-3-6-12/h1-3,5-6,9-11,15,17H,4,7-8H2. The molecule has 1 unspecified atom stereocenters. The van der Waals surface area contributed by atoms with Crippen LogP contribution in [0.3, 0.4) is 0 Å². The number of hydrogen-bond acceptors (Lipinski definition) is 1. The smallest absolute Gasteiger partial charge is 0.115 e. The molecule has 0 aliphatic heterocycles. The van der Waals surface area contributed by atoms with E-state index in [0.29, 0.717) is 11.7 Å². The molecule has 2 aromatic carbocycles. The van der Waals surface area contributed by atoms with E-state index in [0.717, 1.165) is 6.42 Å². The minimum absolute atomic E-state index is 0.381. The zero-order chi connectivity index (χ0) is 11.7. The van der Waals surface area contributed by atoms with E-state index in [-0.39, 0.29) is 0 Å². The van der Waals surface area contributed by atoms with Crippen molar-refractivity contribution in [1.82, 2.24) is 0 Å². The average Bonchev–Trinajstić information content (AvgIpc) is 2.39. The van der Waals surface area contributed by atoms with Crippen molar-refractivity contribution in [2.24, 2.45) is 0 Å². The molecule has 17 heavy (non-hydrogen) atoms. The molecule has 0 radical (unpaired) electrons. The quantitative estimate of drug-likeness (QED) is 0.779. The van der Waals surface area contributed by atoms with Crippen molar-refractivity contribution < 1.29 is 5.11 Å². The molecule has 0 aromatic heterocycles. The van der Waals surface area contributed by atoms with E-state index in [2.05, 4.69) is 36.4 Å². The van der Waals surface area contributed by atoms with Gasteiger partial charge >= 0.3 is 0 Å². The lowest BCUT2D eigenvalue weighted by molar-refractivity contribution is 0.472. The molecule has 3 rings (SSSR count). The molecule has 1 N–H and O–H groups in total. The number of phenols is 1. The van der Waals surface area contributed by atoms with Crippen molar-refractivity contribution in [3.05, 3.63) is 65.2 Å². The summed E-state index contributed by atoms with van der Waals surface area (Å²) in [5.41, 5.74) is 4.06. The zero-order valence-corrected chi connectivity index (χ0v) is 9.76. The number of benzene rings is 2. The van der Waals surface area contributed by atoms with Gasteiger partial charge in [0.15, 0.2) is 0 Å². The average molecular weight is 224 g/mol. The van der Waals surface area contributed by atoms with Crippen LogP contribution in [0.15, 0.2) is 48.5 Å². The third-order valence-electron chi connectivity index (χ3n) is 3.65. The van der Waals surface area contributed by atoms with E-state index in [1.54, 1.807) is 6.07 Å². The van der Waals surface area contributed by atoms with E-state index in [1.165, 1.54) is 29.5 Å². The van der Waals surface area contributed by atoms with Crippen LogP contribution in [0.5, 0.6) is 5.75 Å². The molecule has 1 atom stereocenters. The maximum atomic E-state index is 9.65. The van der Waals surface area contributed by atoms with Gasteiger partial charge in [0.05, 0.1) is 0 Å². The highest BCUT2D eigenvalue weighted by Gasteiger charge is 2.21. The number of fused-ring (bicyclic) bond motifs is 1. The Labute approximate surface area is 102 Å². The van der Waals surface area contributed by atoms with E-state index in [1.807, 2.05) is 6.07 Å². The monoisotopic (exact) mass is 224 g/mol. The first-order valence-electron chi connectivity index (χ1n) is 6.21. The number of phenolic OH excluding ortho intramolecular Hbond substituents is 1. The zero-order valence-electron chi connectivity index (χ0n) is 9.76. The molecule has 0 saturated heterocycles. The van der Waals surface area contributed by atoms with Crippen LogP contribution in [0, 0.1) is 0 Å². The van der Waals surface area contributed by atoms with E-state index in [4.69, 9.17) is 0 Å². The molecule has 1 heteroatoms. The maximum absolute atomic E-state index is 9.65. The molecule has 2 aromatic rings. The minimum atomic E-state index is 0.381. The normalized spacial score (nSPS) is 18.7. The molecule has 0 heterocycles. The van der Waals surface area contributed by atoms with Gasteiger partial charge in [-0.1, -0.05) is 36.4 Å². The number of aromatic hydroxyl groups is 1. The van der Waals surface area contributed by atoms with Crippen LogP contribution >= 0.6 is 0 Å². The van der Waals surface area contributed by atoms with Crippen molar-refractivity contribution in [1.29, 1.82) is 0 Å². The fourth-order valence-electron chi connectivity index (χ4n) is 2.82. The van der Waals surface area contributed by atoms with Gasteiger partial charge in [0.1, 0.15) is 5.75 Å². The van der Waals surface area contributed by atoms with Crippen LogP contribution in [0.2, 0.25) is 0 Å². The predicted molar refractivity (Wildman–Crippen MR) is 69.3 cm³/mol. The highest BCUT2D eigenvalue weighted by molar-refractivity contribution is 5.43. The molecule has 1 aliphatic carbocycles. The Hall–Kier alpha value is -1.76. The van der Waals surface area contributed by atoms with Crippen LogP contribution in [-0.2, 0) is 6.42 Å². The highest BCUT2D eigenvalue weighted by Crippen LogP contribution is 2.37. The van der Waals surface area contributed by atoms with Crippen molar-refractivity contribution >= 4 is 0 Å². The number of aryl methyl sites for hydroxylation is 1. The first-order chi connectivity index (χ1) is 8.34. The lowest BCUT2D eigenvalue weighted by Crippen LogP contribution is -2.10. The lowest BCUT2D eigenvalue weighted by atomic mass is 9.79. The molecule has 1 aliphatic rings. The van der Waals surface area contributed by atoms with Gasteiger partial charge in [-0.25, -0.2) is 0 Å². The predicted octanol–water partition coefficient (Wildman–Crippen LogP) is 3.86. The third kappa shape index (κ3) is 1.93. The van der Waals surface area contributed by atoms with E-state index in [9.17, 15) is 5.11 Å². The molecule has 0 amide bonds. The third-order valence-corrected chi connectivity index (χ3v) is 3.65. The van der Waals surface area contributed by atoms with Crippen LogP contribution in [0.25, 0.3) is 0 Å². The summed E-state index contributed by atoms with van der Waals surface area (Å²) in [5, 5.41) is 9.65. The van der Waals surface area contributed by atoms with E-state index < -0.39 is 0 Å². The van der Waals surface area contributed by atoms with Crippen molar-refractivity contribution in [3.63, 3.8) is 0 Å². The van der Waals surface area contributed by atoms with Gasteiger partial charge in [-0.3, -0.25) is 0 Å². The maximum Gasteiger partial charge on any atom is 0.115 e. The van der Waals surface area contributed by atoms with Gasteiger partial charge in [0, 0.05) is 5.92 Å². The Morgan fingerprint density at radius 2 is 1.82 bits per heavy atom. The second-order valence-corrected chi connectivity index (χ2v) is 4.74. The SMILES string of the molecule is Oc1ccc2c(c1)C(c1ccccc1)CCC2. The van der Waals surface area contributed by atoms with Gasteiger partial charge in [-0.15, -0.1) is 0 Å². The highest BCUT2D eigenvalue weighted by atomic mass is 16.3. The minimum Gasteiger partial charge on any atom is -0.508 e. The Bertz CT molecular complexity index is 516. The molecule has 0 bridgehead atoms. The lowest BCUT2D eigenvalue weighted by Gasteiger charge is -2.26. The van der Waals surface area contributed by atoms with Gasteiger partial charge < -0.3 is 5.11 Å². The largest absolute Gasteiger partial charge is 0.508 e. The summed E-state index contributed by atoms with van der Waals surface area (Å²) in [6.07, 6.45) is 3.55. The number of rotatable bonds is 1. The summed E-state index contributed by atoms with van der Waals surface area (Å²) in [6.45, 7) is 0. The summed E-state index contributed by atoms with van der Waals surface area (Å²) in [7, 11) is 0. The Morgan fingerprint density at radius 3 is 2.65 bits per heavy atom. The van der Waals surface area contributed by atoms with Crippen LogP contribution in [0.1, 0.15) is 35.4 Å². The van der Waals surface area contributed by atoms with Gasteiger partial charge in [-0.05, 0) is 48.1 Å². The molecule has 0 saturated carbocycles. The molecule has 1 nitrogen and oxygen atoms in total. The summed E-state index contributed by atoms with van der Waals surface area (Å²) in [5.74, 6) is 0.832. The first kappa shape index (κ1) is 10.4. The van der Waals surface area contributed by atoms with Gasteiger partial charge in [-0.2, -0.15) is 0 Å². The Morgan fingerprint density at radius 1 is 1.00 bits per heavy atom. The molecule has 86 valence electrons. The molecule has 0 fully saturated rings. The molecule has 0 spiro atoms. The second-order valence-electron chi connectivity index (χ2n) is 4.74. The first-order valence-corrected chi connectivity index (χ1v) is 6.21. The van der Waals surface area contributed by atoms with Crippen LogP contribution < -0.4 is 0 Å². The summed E-state index contributed by atoms with van der Waals surface area (Å²) in [6, 6.07) is 16.4. The van der Waals surface area contributed by atoms with E-state index >= 15 is 0 Å². The van der Waals surface area contributed by atoms with Crippen molar-refractivity contribution in [3.8, 4) is 5.75 Å². The fraction of sp³-hybridized carbons (Fsp3) is 0.250. The summed E-state index contributed by atoms with van der Waals surface area (Å²) < 4.78 is 0. The van der Waals surface area contributed by atoms with Gasteiger partial charge in [0.2, 0.25) is 0 Å². The van der Waals surface area contributed by atoms with Crippen molar-refractivity contribution in [2.45, 2.75) is 25.2 Å². The van der Waals surface area contributed by atoms with Crippen molar-refractivity contribution in [2.75, 3.05) is 0 Å². The van der Waals surface area contributed by atoms with Crippen LogP contribution in [-0.4, -0.2) is 5.11 Å². The Kier molecular flexibility index (Phi) is 2.60. The topological polar surface area (TPSA) is 20.2 Å². The fourth-order valence-corrected chi connectivity index (χ4v) is 2.82. The summed E-state index contributed by atoms with van der Waals surface area (Å²) >= 11 is 0. The van der Waals surface area contributed by atoms with Gasteiger partial charge in [0.25, 0.3) is 0 Å². The van der Waals surface area contributed by atoms with Crippen LogP contribution in [0.4, 0.5) is 0 Å². The molecular formula is C16H16O. The second kappa shape index (κ2) is 4.25. The Balaban J connectivity index is 2.08. The summed E-state index contributed by atoms with van der Waals surface area (Å²) in [4.78, 5) is 0. The number of hydrogen-bond donors (Lipinski definition) is 1. The molecular weight excluding hydrogens is 208 g/mol.